The Labute approximate surface area is 254 Å². The molecule has 3 rings (SSSR count). The van der Waals surface area contributed by atoms with E-state index < -0.39 is 28.4 Å². The Balaban J connectivity index is 2.07. The summed E-state index contributed by atoms with van der Waals surface area (Å²) in [7, 11) is -3.64. The molecule has 0 amide bonds. The summed E-state index contributed by atoms with van der Waals surface area (Å²) >= 11 is -2.74. The average Bonchev–Trinajstić information content (AvgIpc) is 3.40. The number of carbonyl (C=O) groups is 1. The molecule has 0 aromatic heterocycles. The molecular weight excluding hydrogens is 633 g/mol. The van der Waals surface area contributed by atoms with Gasteiger partial charge in [-0.1, -0.05) is 0 Å². The summed E-state index contributed by atoms with van der Waals surface area (Å²) in [5.74, 6) is 0.156. The van der Waals surface area contributed by atoms with Crippen LogP contribution in [0.5, 0.6) is 0 Å². The van der Waals surface area contributed by atoms with Crippen molar-refractivity contribution in [3.05, 3.63) is 75.4 Å². The molecule has 1 aliphatic heterocycles. The van der Waals surface area contributed by atoms with E-state index in [1.165, 1.54) is 57.4 Å². The van der Waals surface area contributed by atoms with Gasteiger partial charge >= 0.3 is 256 Å². The van der Waals surface area contributed by atoms with Crippen LogP contribution in [-0.4, -0.2) is 50.0 Å². The predicted molar refractivity (Wildman–Crippen MR) is 176 cm³/mol. The van der Waals surface area contributed by atoms with Crippen LogP contribution in [0.2, 0.25) is 13.3 Å². The molecule has 0 spiro atoms. The quantitative estimate of drug-likeness (QED) is 0.131. The van der Waals surface area contributed by atoms with Crippen molar-refractivity contribution in [3.8, 4) is 0 Å². The van der Waals surface area contributed by atoms with E-state index in [4.69, 9.17) is 0 Å². The van der Waals surface area contributed by atoms with Crippen LogP contribution in [0.15, 0.2) is 69.2 Å². The number of aryl methyl sites for hydroxylation is 1. The molecule has 0 aliphatic carbocycles. The molecule has 1 saturated heterocycles. The van der Waals surface area contributed by atoms with Crippen LogP contribution in [0.1, 0.15) is 95.5 Å². The molecule has 6 heteroatoms. The van der Waals surface area contributed by atoms with E-state index in [0.29, 0.717) is 24.4 Å². The number of benzene rings is 2. The SMILES string of the molecule is CCC[CH2][Sn](/[CH]=C1\CN(S(=O)(=O)c2ccc(C)cc2)CC1C(C)(C)CC(=O)c1ccccc1)([CH2]CCC)[CH2]CCC. The van der Waals surface area contributed by atoms with E-state index in [2.05, 4.69) is 38.7 Å². The minimum atomic E-state index is -3.64. The summed E-state index contributed by atoms with van der Waals surface area (Å²) in [6, 6.07) is 16.8. The van der Waals surface area contributed by atoms with Gasteiger partial charge in [-0.15, -0.1) is 0 Å². The van der Waals surface area contributed by atoms with Crippen molar-refractivity contribution >= 4 is 34.2 Å². The fourth-order valence-electron chi connectivity index (χ4n) is 6.47. The van der Waals surface area contributed by atoms with Crippen LogP contribution in [0.4, 0.5) is 0 Å². The van der Waals surface area contributed by atoms with E-state index >= 15 is 0 Å². The van der Waals surface area contributed by atoms with Gasteiger partial charge in [0.05, 0.1) is 0 Å². The predicted octanol–water partition coefficient (Wildman–Crippen LogP) is 9.23. The van der Waals surface area contributed by atoms with Crippen molar-refractivity contribution < 1.29 is 13.2 Å². The third-order valence-electron chi connectivity index (χ3n) is 9.08. The molecular formula is C35H53NO3SSn. The van der Waals surface area contributed by atoms with Gasteiger partial charge < -0.3 is 0 Å². The Morgan fingerprint density at radius 2 is 1.44 bits per heavy atom. The summed E-state index contributed by atoms with van der Waals surface area (Å²) < 4.78 is 36.3. The topological polar surface area (TPSA) is 54.5 Å². The van der Waals surface area contributed by atoms with Crippen molar-refractivity contribution in [2.45, 2.75) is 105 Å². The number of hydrogen-bond donors (Lipinski definition) is 0. The molecule has 2 aromatic carbocycles. The number of hydrogen-bond acceptors (Lipinski definition) is 3. The van der Waals surface area contributed by atoms with Crippen molar-refractivity contribution in [2.24, 2.45) is 11.3 Å². The van der Waals surface area contributed by atoms with Crippen LogP contribution in [0, 0.1) is 18.3 Å². The first-order valence-corrected chi connectivity index (χ1v) is 25.0. The summed E-state index contributed by atoms with van der Waals surface area (Å²) in [6.07, 6.45) is 7.80. The molecule has 41 heavy (non-hydrogen) atoms. The average molecular weight is 687 g/mol. The molecule has 0 bridgehead atoms. The Morgan fingerprint density at radius 3 is 1.95 bits per heavy atom. The molecule has 1 unspecified atom stereocenters. The first kappa shape index (κ1) is 34.1. The van der Waals surface area contributed by atoms with Gasteiger partial charge in [0, 0.05) is 0 Å². The van der Waals surface area contributed by atoms with Gasteiger partial charge in [-0.3, -0.25) is 0 Å². The van der Waals surface area contributed by atoms with Crippen LogP contribution >= 0.6 is 0 Å². The van der Waals surface area contributed by atoms with Crippen molar-refractivity contribution in [1.82, 2.24) is 4.31 Å². The van der Waals surface area contributed by atoms with Crippen molar-refractivity contribution in [1.29, 1.82) is 0 Å². The zero-order valence-corrected chi connectivity index (χ0v) is 30.1. The van der Waals surface area contributed by atoms with E-state index in [9.17, 15) is 13.2 Å². The van der Waals surface area contributed by atoms with Gasteiger partial charge in [-0.2, -0.15) is 0 Å². The molecule has 1 atom stereocenters. The van der Waals surface area contributed by atoms with E-state index in [1.807, 2.05) is 49.4 Å². The summed E-state index contributed by atoms with van der Waals surface area (Å²) in [4.78, 5) is 13.8. The Bertz CT molecular complexity index is 1230. The second-order valence-corrected chi connectivity index (χ2v) is 27.8. The Morgan fingerprint density at radius 1 is 0.902 bits per heavy atom. The molecule has 2 aromatic rings. The van der Waals surface area contributed by atoms with Gasteiger partial charge in [-0.05, 0) is 0 Å². The molecule has 0 saturated carbocycles. The van der Waals surface area contributed by atoms with Gasteiger partial charge in [0.25, 0.3) is 0 Å². The first-order valence-electron chi connectivity index (χ1n) is 15.8. The number of nitrogens with zero attached hydrogens (tertiary/aromatic N) is 1. The van der Waals surface area contributed by atoms with Crippen LogP contribution < -0.4 is 0 Å². The van der Waals surface area contributed by atoms with Gasteiger partial charge in [0.2, 0.25) is 0 Å². The number of rotatable bonds is 16. The molecule has 1 heterocycles. The molecule has 226 valence electrons. The van der Waals surface area contributed by atoms with Crippen LogP contribution in [-0.2, 0) is 10.0 Å². The summed E-state index contributed by atoms with van der Waals surface area (Å²) in [6.45, 7) is 14.1. The zero-order chi connectivity index (χ0) is 30.1. The fraction of sp³-hybridized carbons (Fsp3) is 0.571. The van der Waals surface area contributed by atoms with Crippen molar-refractivity contribution in [3.63, 3.8) is 0 Å². The molecule has 0 radical (unpaired) electrons. The normalized spacial score (nSPS) is 17.8. The van der Waals surface area contributed by atoms with Crippen LogP contribution in [0.3, 0.4) is 0 Å². The number of Topliss-reactive ketones (excluding diaryl/α,β-unsaturated/α-hetero) is 1. The first-order chi connectivity index (χ1) is 19.5. The second kappa shape index (κ2) is 15.3. The standard InChI is InChI=1S/C23H26NO3S.3C4H9.Sn/c1-17-10-12-20(13-11-17)28(26,27)24-15-18(2)21(16-24)23(3,4)14-22(25)19-8-6-5-7-9-19;3*1-3-4-2;/h2,5-13,21H,14-16H2,1,3-4H3;3*1,3-4H2,2H3;. The number of carbonyl (C=O) groups excluding carboxylic acids is 1. The number of sulfonamides is 1. The third-order valence-corrected chi connectivity index (χ3v) is 25.3. The van der Waals surface area contributed by atoms with E-state index in [0.717, 1.165) is 11.1 Å². The minimum absolute atomic E-state index is 0.0244. The number of ketones is 1. The third kappa shape index (κ3) is 9.03. The molecule has 1 fully saturated rings. The Kier molecular flexibility index (Phi) is 12.7. The Hall–Kier alpha value is -1.44. The monoisotopic (exact) mass is 687 g/mol. The van der Waals surface area contributed by atoms with E-state index in [1.54, 1.807) is 16.4 Å². The molecule has 0 N–H and O–H groups in total. The van der Waals surface area contributed by atoms with Gasteiger partial charge in [0.1, 0.15) is 0 Å². The van der Waals surface area contributed by atoms with Crippen molar-refractivity contribution in [2.75, 3.05) is 13.1 Å². The zero-order valence-electron chi connectivity index (χ0n) is 26.4. The summed E-state index contributed by atoms with van der Waals surface area (Å²) in [5.41, 5.74) is 2.71. The fourth-order valence-corrected chi connectivity index (χ4v) is 23.4. The maximum atomic E-state index is 13.9. The summed E-state index contributed by atoms with van der Waals surface area (Å²) in [5, 5.41) is 0. The van der Waals surface area contributed by atoms with Gasteiger partial charge in [0.15, 0.2) is 0 Å². The van der Waals surface area contributed by atoms with Gasteiger partial charge in [-0.25, -0.2) is 0 Å². The maximum absolute atomic E-state index is 13.9. The van der Waals surface area contributed by atoms with E-state index in [-0.39, 0.29) is 17.1 Å². The van der Waals surface area contributed by atoms with Crippen LogP contribution in [0.25, 0.3) is 0 Å². The molecule has 4 nitrogen and oxygen atoms in total. The second-order valence-electron chi connectivity index (χ2n) is 13.0. The molecule has 1 aliphatic rings. The number of unbranched alkanes of at least 4 members (excludes halogenated alkanes) is 3.